The van der Waals surface area contributed by atoms with Crippen molar-refractivity contribution in [3.63, 3.8) is 0 Å². The van der Waals surface area contributed by atoms with E-state index in [1.54, 1.807) is 0 Å². The van der Waals surface area contributed by atoms with E-state index in [4.69, 9.17) is 0 Å². The highest BCUT2D eigenvalue weighted by molar-refractivity contribution is 6.06. The molecule has 1 aliphatic heterocycles. The van der Waals surface area contributed by atoms with E-state index < -0.39 is 11.9 Å². The maximum atomic E-state index is 11.3. The highest BCUT2D eigenvalue weighted by Crippen LogP contribution is 2.04. The van der Waals surface area contributed by atoms with Gasteiger partial charge in [-0.25, -0.2) is 0 Å². The van der Waals surface area contributed by atoms with Gasteiger partial charge in [-0.3, -0.25) is 19.7 Å². The lowest BCUT2D eigenvalue weighted by Crippen LogP contribution is -2.40. The fourth-order valence-corrected chi connectivity index (χ4v) is 1.29. The van der Waals surface area contributed by atoms with Gasteiger partial charge in [0.15, 0.2) is 0 Å². The van der Waals surface area contributed by atoms with Gasteiger partial charge in [0, 0.05) is 6.42 Å². The van der Waals surface area contributed by atoms with E-state index in [1.165, 1.54) is 0 Å². The number of rotatable bonds is 3. The maximum Gasteiger partial charge on any atom is 0.249 e. The van der Waals surface area contributed by atoms with E-state index in [0.717, 1.165) is 0 Å². The summed E-state index contributed by atoms with van der Waals surface area (Å²) in [6.45, 7) is 3.83. The van der Waals surface area contributed by atoms with Crippen molar-refractivity contribution in [3.05, 3.63) is 0 Å². The van der Waals surface area contributed by atoms with Crippen LogP contribution in [0.4, 0.5) is 0 Å². The van der Waals surface area contributed by atoms with Crippen molar-refractivity contribution in [2.24, 2.45) is 5.92 Å². The molecule has 78 valence electrons. The van der Waals surface area contributed by atoms with Crippen molar-refractivity contribution in [1.82, 2.24) is 10.6 Å². The molecule has 0 radical (unpaired) electrons. The van der Waals surface area contributed by atoms with Gasteiger partial charge in [0.1, 0.15) is 6.04 Å². The molecule has 1 aliphatic rings. The van der Waals surface area contributed by atoms with Crippen molar-refractivity contribution >= 4 is 17.7 Å². The Bertz CT molecular complexity index is 273. The third-order valence-corrected chi connectivity index (χ3v) is 1.90. The molecule has 0 aromatic rings. The number of hydrogen-bond donors (Lipinski definition) is 2. The van der Waals surface area contributed by atoms with E-state index in [9.17, 15) is 14.4 Å². The van der Waals surface area contributed by atoms with Crippen LogP contribution in [0.5, 0.6) is 0 Å². The quantitative estimate of drug-likeness (QED) is 0.604. The first-order chi connectivity index (χ1) is 6.49. The topological polar surface area (TPSA) is 75.3 Å². The van der Waals surface area contributed by atoms with E-state index in [-0.39, 0.29) is 24.2 Å². The number of nitrogens with one attached hydrogen (secondary N) is 2. The Morgan fingerprint density at radius 1 is 1.57 bits per heavy atom. The summed E-state index contributed by atoms with van der Waals surface area (Å²) < 4.78 is 0. The Balaban J connectivity index is 2.41. The Morgan fingerprint density at radius 3 is 2.64 bits per heavy atom. The minimum Gasteiger partial charge on any atom is -0.344 e. The SMILES string of the molecule is CC(C)CC(=O)NC1CC(=O)NC1=O. The van der Waals surface area contributed by atoms with Crippen LogP contribution in [-0.4, -0.2) is 23.8 Å². The molecule has 1 rings (SSSR count). The van der Waals surface area contributed by atoms with Crippen LogP contribution in [0.15, 0.2) is 0 Å². The van der Waals surface area contributed by atoms with Gasteiger partial charge < -0.3 is 5.32 Å². The van der Waals surface area contributed by atoms with Crippen molar-refractivity contribution in [2.75, 3.05) is 0 Å². The predicted molar refractivity (Wildman–Crippen MR) is 49.2 cm³/mol. The monoisotopic (exact) mass is 198 g/mol. The molecule has 2 N–H and O–H groups in total. The van der Waals surface area contributed by atoms with Crippen molar-refractivity contribution in [2.45, 2.75) is 32.7 Å². The molecule has 3 amide bonds. The van der Waals surface area contributed by atoms with Gasteiger partial charge in [0.25, 0.3) is 0 Å². The Kier molecular flexibility index (Phi) is 3.22. The molecule has 14 heavy (non-hydrogen) atoms. The zero-order valence-corrected chi connectivity index (χ0v) is 8.29. The average molecular weight is 198 g/mol. The molecule has 1 heterocycles. The summed E-state index contributed by atoms with van der Waals surface area (Å²) in [5, 5.41) is 4.65. The summed E-state index contributed by atoms with van der Waals surface area (Å²) in [5.41, 5.74) is 0. The molecule has 0 aromatic heterocycles. The van der Waals surface area contributed by atoms with Gasteiger partial charge in [-0.2, -0.15) is 0 Å². The Morgan fingerprint density at radius 2 is 2.21 bits per heavy atom. The van der Waals surface area contributed by atoms with Crippen LogP contribution in [0, 0.1) is 5.92 Å². The lowest BCUT2D eigenvalue weighted by atomic mass is 10.1. The van der Waals surface area contributed by atoms with Crippen LogP contribution in [0.25, 0.3) is 0 Å². The average Bonchev–Trinajstić information content (AvgIpc) is 2.28. The molecule has 5 heteroatoms. The molecule has 0 aromatic carbocycles. The number of imide groups is 1. The second-order valence-corrected chi connectivity index (χ2v) is 3.83. The number of carbonyl (C=O) groups is 3. The standard InChI is InChI=1S/C9H14N2O3/c1-5(2)3-7(12)10-6-4-8(13)11-9(6)14/h5-6H,3-4H2,1-2H3,(H,10,12)(H,11,13,14). The summed E-state index contributed by atoms with van der Waals surface area (Å²) in [7, 11) is 0. The summed E-state index contributed by atoms with van der Waals surface area (Å²) >= 11 is 0. The first kappa shape index (κ1) is 10.7. The van der Waals surface area contributed by atoms with Gasteiger partial charge in [-0.05, 0) is 5.92 Å². The molecular weight excluding hydrogens is 184 g/mol. The van der Waals surface area contributed by atoms with Crippen LogP contribution >= 0.6 is 0 Å². The first-order valence-electron chi connectivity index (χ1n) is 4.62. The Hall–Kier alpha value is -1.39. The van der Waals surface area contributed by atoms with Crippen LogP contribution in [-0.2, 0) is 14.4 Å². The number of hydrogen-bond acceptors (Lipinski definition) is 3. The lowest BCUT2D eigenvalue weighted by Gasteiger charge is -2.10. The third kappa shape index (κ3) is 2.83. The highest BCUT2D eigenvalue weighted by Gasteiger charge is 2.31. The van der Waals surface area contributed by atoms with Crippen LogP contribution < -0.4 is 10.6 Å². The number of carbonyl (C=O) groups excluding carboxylic acids is 3. The molecule has 1 saturated heterocycles. The Labute approximate surface area is 82.2 Å². The molecule has 0 saturated carbocycles. The first-order valence-corrected chi connectivity index (χ1v) is 4.62. The second-order valence-electron chi connectivity index (χ2n) is 3.83. The number of amides is 3. The normalized spacial score (nSPS) is 21.2. The van der Waals surface area contributed by atoms with Crippen molar-refractivity contribution in [3.8, 4) is 0 Å². The maximum absolute atomic E-state index is 11.3. The molecule has 1 unspecified atom stereocenters. The predicted octanol–water partition coefficient (Wildman–Crippen LogP) is -0.436. The molecule has 0 aliphatic carbocycles. The van der Waals surface area contributed by atoms with Gasteiger partial charge in [0.05, 0.1) is 6.42 Å². The summed E-state index contributed by atoms with van der Waals surface area (Å²) in [5.74, 6) is -0.679. The molecule has 0 bridgehead atoms. The largest absolute Gasteiger partial charge is 0.344 e. The minimum absolute atomic E-state index is 0.0582. The summed E-state index contributed by atoms with van der Waals surface area (Å²) in [4.78, 5) is 33.1. The third-order valence-electron chi connectivity index (χ3n) is 1.90. The fourth-order valence-electron chi connectivity index (χ4n) is 1.29. The molecule has 1 fully saturated rings. The second kappa shape index (κ2) is 4.21. The van der Waals surface area contributed by atoms with Gasteiger partial charge in [-0.15, -0.1) is 0 Å². The summed E-state index contributed by atoms with van der Waals surface area (Å²) in [6.07, 6.45) is 0.431. The molecule has 5 nitrogen and oxygen atoms in total. The van der Waals surface area contributed by atoms with Gasteiger partial charge in [-0.1, -0.05) is 13.8 Å². The van der Waals surface area contributed by atoms with Crippen LogP contribution in [0.3, 0.4) is 0 Å². The van der Waals surface area contributed by atoms with Crippen LogP contribution in [0.1, 0.15) is 26.7 Å². The van der Waals surface area contributed by atoms with E-state index in [1.807, 2.05) is 13.8 Å². The minimum atomic E-state index is -0.672. The van der Waals surface area contributed by atoms with Crippen molar-refractivity contribution < 1.29 is 14.4 Å². The zero-order valence-electron chi connectivity index (χ0n) is 8.29. The molecule has 1 atom stereocenters. The zero-order chi connectivity index (χ0) is 10.7. The smallest absolute Gasteiger partial charge is 0.249 e. The van der Waals surface area contributed by atoms with E-state index in [2.05, 4.69) is 10.6 Å². The molecular formula is C9H14N2O3. The summed E-state index contributed by atoms with van der Waals surface area (Å²) in [6, 6.07) is -0.672. The van der Waals surface area contributed by atoms with Gasteiger partial charge >= 0.3 is 0 Å². The van der Waals surface area contributed by atoms with Crippen molar-refractivity contribution in [1.29, 1.82) is 0 Å². The van der Waals surface area contributed by atoms with E-state index >= 15 is 0 Å². The lowest BCUT2D eigenvalue weighted by molar-refractivity contribution is -0.128. The van der Waals surface area contributed by atoms with E-state index in [0.29, 0.717) is 6.42 Å². The van der Waals surface area contributed by atoms with Crippen LogP contribution in [0.2, 0.25) is 0 Å². The molecule has 0 spiro atoms. The van der Waals surface area contributed by atoms with Gasteiger partial charge in [0.2, 0.25) is 17.7 Å². The highest BCUT2D eigenvalue weighted by atomic mass is 16.2. The fraction of sp³-hybridized carbons (Fsp3) is 0.667.